The smallest absolute Gasteiger partial charge is 0.261 e. The Hall–Kier alpha value is -3.40. The van der Waals surface area contributed by atoms with Gasteiger partial charge in [-0.25, -0.2) is 0 Å². The largest absolute Gasteiger partial charge is 0.392 e. The van der Waals surface area contributed by atoms with Crippen LogP contribution in [0.3, 0.4) is 0 Å². The molecule has 0 spiro atoms. The fourth-order valence-electron chi connectivity index (χ4n) is 5.45. The van der Waals surface area contributed by atoms with Crippen molar-refractivity contribution in [3.63, 3.8) is 0 Å². The van der Waals surface area contributed by atoms with E-state index in [1.54, 1.807) is 24.3 Å². The van der Waals surface area contributed by atoms with Crippen molar-refractivity contribution in [1.82, 2.24) is 9.80 Å². The summed E-state index contributed by atoms with van der Waals surface area (Å²) in [5.74, 6) is -0.528. The molecule has 8 heteroatoms. The number of aliphatic hydroxyl groups excluding tert-OH is 1. The molecule has 2 amide bonds. The summed E-state index contributed by atoms with van der Waals surface area (Å²) in [6.45, 7) is 4.23. The first kappa shape index (κ1) is 25.9. The van der Waals surface area contributed by atoms with Gasteiger partial charge in [0.25, 0.3) is 11.8 Å². The van der Waals surface area contributed by atoms with Gasteiger partial charge in [0.2, 0.25) is 0 Å². The molecule has 3 aromatic rings. The number of aliphatic hydroxyl groups is 1. The number of hydrogen-bond donors (Lipinski definition) is 1. The van der Waals surface area contributed by atoms with Gasteiger partial charge in [-0.2, -0.15) is 0 Å². The molecule has 3 atom stereocenters. The van der Waals surface area contributed by atoms with E-state index in [-0.39, 0.29) is 37.2 Å². The molecule has 3 aromatic carbocycles. The number of rotatable bonds is 7. The lowest BCUT2D eigenvalue weighted by atomic mass is 9.99. The third kappa shape index (κ3) is 5.52. The Morgan fingerprint density at radius 2 is 1.38 bits per heavy atom. The zero-order chi connectivity index (χ0) is 26.8. The van der Waals surface area contributed by atoms with E-state index < -0.39 is 6.29 Å². The number of nitrogens with zero attached hydrogens (tertiary/aromatic N) is 2. The Balaban J connectivity index is 1.18. The fraction of sp³-hybridized carbons (Fsp3) is 0.355. The molecule has 1 N–H and O–H groups in total. The average Bonchev–Trinajstić information content (AvgIpc) is 3.23. The van der Waals surface area contributed by atoms with E-state index >= 15 is 0 Å². The molecule has 2 saturated heterocycles. The van der Waals surface area contributed by atoms with Gasteiger partial charge < -0.3 is 19.3 Å². The van der Waals surface area contributed by atoms with E-state index in [9.17, 15) is 14.7 Å². The maximum Gasteiger partial charge on any atom is 0.261 e. The minimum atomic E-state index is -0.555. The van der Waals surface area contributed by atoms with E-state index in [0.717, 1.165) is 61.5 Å². The average molecular weight is 529 g/mol. The molecular formula is C31H32N2O6. The third-order valence-electron chi connectivity index (χ3n) is 7.65. The van der Waals surface area contributed by atoms with E-state index in [1.165, 1.54) is 4.90 Å². The number of morpholine rings is 1. The number of amides is 2. The zero-order valence-electron chi connectivity index (χ0n) is 21.7. The lowest BCUT2D eigenvalue weighted by Crippen LogP contribution is -2.44. The predicted octanol–water partition coefficient (Wildman–Crippen LogP) is 3.85. The summed E-state index contributed by atoms with van der Waals surface area (Å²) in [7, 11) is 0. The first-order chi connectivity index (χ1) is 19.1. The van der Waals surface area contributed by atoms with Crippen LogP contribution in [0.1, 0.15) is 61.8 Å². The summed E-state index contributed by atoms with van der Waals surface area (Å²) < 4.78 is 18.4. The van der Waals surface area contributed by atoms with Crippen LogP contribution in [0.25, 0.3) is 0 Å². The van der Waals surface area contributed by atoms with Gasteiger partial charge in [0.05, 0.1) is 49.7 Å². The van der Waals surface area contributed by atoms with Crippen LogP contribution in [-0.4, -0.2) is 65.7 Å². The Labute approximate surface area is 227 Å². The van der Waals surface area contributed by atoms with Crippen molar-refractivity contribution in [3.8, 4) is 0 Å². The second-order valence-corrected chi connectivity index (χ2v) is 10.2. The zero-order valence-corrected chi connectivity index (χ0v) is 21.7. The SMILES string of the molecule is O=C1c2ccccc2C(=O)N1Cc1ccc([C@H]2O[C@@H](CN3CCOCC3)C[C@@H](c3ccc(CO)cc3)O2)cc1. The minimum absolute atomic E-state index is 0.00422. The number of hydrogen-bond acceptors (Lipinski definition) is 7. The van der Waals surface area contributed by atoms with E-state index in [4.69, 9.17) is 14.2 Å². The monoisotopic (exact) mass is 528 g/mol. The van der Waals surface area contributed by atoms with Gasteiger partial charge in [-0.1, -0.05) is 60.7 Å². The quantitative estimate of drug-likeness (QED) is 0.466. The second kappa shape index (κ2) is 11.4. The first-order valence-corrected chi connectivity index (χ1v) is 13.4. The highest BCUT2D eigenvalue weighted by Gasteiger charge is 2.36. The highest BCUT2D eigenvalue weighted by molar-refractivity contribution is 6.21. The highest BCUT2D eigenvalue weighted by atomic mass is 16.7. The lowest BCUT2D eigenvalue weighted by Gasteiger charge is -2.39. The number of carbonyl (C=O) groups is 2. The first-order valence-electron chi connectivity index (χ1n) is 13.4. The van der Waals surface area contributed by atoms with Crippen LogP contribution < -0.4 is 0 Å². The maximum atomic E-state index is 12.8. The van der Waals surface area contributed by atoms with Gasteiger partial charge in [-0.3, -0.25) is 19.4 Å². The van der Waals surface area contributed by atoms with Gasteiger partial charge in [0, 0.05) is 31.6 Å². The van der Waals surface area contributed by atoms with Crippen molar-refractivity contribution in [3.05, 3.63) is 106 Å². The van der Waals surface area contributed by atoms with Crippen molar-refractivity contribution in [2.75, 3.05) is 32.8 Å². The molecule has 0 aromatic heterocycles. The summed E-state index contributed by atoms with van der Waals surface area (Å²) in [6.07, 6.45) is -0.00642. The number of ether oxygens (including phenoxy) is 3. The molecule has 0 aliphatic carbocycles. The van der Waals surface area contributed by atoms with Crippen molar-refractivity contribution in [1.29, 1.82) is 0 Å². The van der Waals surface area contributed by atoms with Crippen LogP contribution in [0.15, 0.2) is 72.8 Å². The third-order valence-corrected chi connectivity index (χ3v) is 7.65. The summed E-state index contributed by atoms with van der Waals surface area (Å²) >= 11 is 0. The summed E-state index contributed by atoms with van der Waals surface area (Å²) in [6, 6.07) is 22.5. The molecule has 202 valence electrons. The van der Waals surface area contributed by atoms with E-state index in [2.05, 4.69) is 4.90 Å². The Morgan fingerprint density at radius 3 is 2.03 bits per heavy atom. The second-order valence-electron chi connectivity index (χ2n) is 10.2. The number of carbonyl (C=O) groups excluding carboxylic acids is 2. The van der Waals surface area contributed by atoms with Crippen LogP contribution in [0.2, 0.25) is 0 Å². The molecule has 39 heavy (non-hydrogen) atoms. The van der Waals surface area contributed by atoms with Crippen molar-refractivity contribution in [2.24, 2.45) is 0 Å². The van der Waals surface area contributed by atoms with Gasteiger partial charge in [0.15, 0.2) is 6.29 Å². The molecule has 3 heterocycles. The number of fused-ring (bicyclic) bond motifs is 1. The lowest BCUT2D eigenvalue weighted by molar-refractivity contribution is -0.253. The van der Waals surface area contributed by atoms with Crippen LogP contribution in [-0.2, 0) is 27.4 Å². The molecule has 3 aliphatic heterocycles. The number of benzene rings is 3. The molecule has 0 bridgehead atoms. The van der Waals surface area contributed by atoms with Gasteiger partial charge in [-0.05, 0) is 28.8 Å². The van der Waals surface area contributed by atoms with Crippen molar-refractivity contribution >= 4 is 11.8 Å². The van der Waals surface area contributed by atoms with Gasteiger partial charge in [-0.15, -0.1) is 0 Å². The predicted molar refractivity (Wildman–Crippen MR) is 143 cm³/mol. The van der Waals surface area contributed by atoms with Crippen LogP contribution in [0.4, 0.5) is 0 Å². The fourth-order valence-corrected chi connectivity index (χ4v) is 5.45. The summed E-state index contributed by atoms with van der Waals surface area (Å²) in [5.41, 5.74) is 4.55. The molecule has 3 aliphatic rings. The number of imide groups is 1. The Morgan fingerprint density at radius 1 is 0.769 bits per heavy atom. The molecule has 6 rings (SSSR count). The molecule has 8 nitrogen and oxygen atoms in total. The van der Waals surface area contributed by atoms with Gasteiger partial charge in [0.1, 0.15) is 0 Å². The molecule has 0 unspecified atom stereocenters. The van der Waals surface area contributed by atoms with Crippen molar-refractivity contribution < 1.29 is 28.9 Å². The van der Waals surface area contributed by atoms with Crippen molar-refractivity contribution in [2.45, 2.75) is 38.1 Å². The summed E-state index contributed by atoms with van der Waals surface area (Å²) in [5, 5.41) is 9.43. The Kier molecular flexibility index (Phi) is 7.54. The Bertz CT molecular complexity index is 1280. The summed E-state index contributed by atoms with van der Waals surface area (Å²) in [4.78, 5) is 29.2. The van der Waals surface area contributed by atoms with E-state index in [1.807, 2.05) is 48.5 Å². The van der Waals surface area contributed by atoms with Crippen LogP contribution >= 0.6 is 0 Å². The maximum absolute atomic E-state index is 12.8. The highest BCUT2D eigenvalue weighted by Crippen LogP contribution is 2.38. The standard InChI is InChI=1S/C31H32N2O6/c34-20-22-7-9-23(10-8-22)28-17-25(19-32-13-15-37-16-14-32)38-31(39-28)24-11-5-21(6-12-24)18-33-29(35)26-3-1-2-4-27(26)30(33)36/h1-12,25,28,31,34H,13-20H2/t25-,28+,31+/m1/s1. The van der Waals surface area contributed by atoms with E-state index in [0.29, 0.717) is 11.1 Å². The van der Waals surface area contributed by atoms with Crippen LogP contribution in [0, 0.1) is 0 Å². The molecular weight excluding hydrogens is 496 g/mol. The normalized spacial score (nSPS) is 23.7. The molecule has 0 radical (unpaired) electrons. The molecule has 2 fully saturated rings. The molecule has 0 saturated carbocycles. The van der Waals surface area contributed by atoms with Gasteiger partial charge >= 0.3 is 0 Å². The minimum Gasteiger partial charge on any atom is -0.392 e. The van der Waals surface area contributed by atoms with Crippen LogP contribution in [0.5, 0.6) is 0 Å². The topological polar surface area (TPSA) is 88.5 Å².